The van der Waals surface area contributed by atoms with Crippen LogP contribution >= 0.6 is 0 Å². The molecule has 2 aromatic carbocycles. The number of halogens is 3. The van der Waals surface area contributed by atoms with Crippen LogP contribution in [0.15, 0.2) is 60.8 Å². The predicted octanol–water partition coefficient (Wildman–Crippen LogP) is 4.71. The van der Waals surface area contributed by atoms with Gasteiger partial charge >= 0.3 is 6.18 Å². The molecule has 0 aliphatic carbocycles. The first-order chi connectivity index (χ1) is 17.3. The summed E-state index contributed by atoms with van der Waals surface area (Å²) in [6.07, 6.45) is -1.61. The molecular formula is C26H27F3N4O3. The molecule has 190 valence electrons. The van der Waals surface area contributed by atoms with E-state index in [2.05, 4.69) is 10.4 Å². The van der Waals surface area contributed by atoms with Crippen LogP contribution in [-0.2, 0) is 6.18 Å². The molecule has 0 radical (unpaired) electrons. The molecule has 1 aromatic heterocycles. The first-order valence-electron chi connectivity index (χ1n) is 11.8. The lowest BCUT2D eigenvalue weighted by Gasteiger charge is -2.36. The molecule has 0 bridgehead atoms. The van der Waals surface area contributed by atoms with E-state index in [4.69, 9.17) is 4.74 Å². The topological polar surface area (TPSA) is 76.5 Å². The number of para-hydroxylation sites is 1. The Balaban J connectivity index is 1.52. The maximum absolute atomic E-state index is 13.8. The van der Waals surface area contributed by atoms with E-state index in [9.17, 15) is 22.8 Å². The standard InChI is InChI=1S/C26H27F3N4O3/c1-2-36-21-13-11-18(12-14-21)24(34)30-16-20-10-6-7-15-32(20)25(35)22-17-33(19-8-4-3-5-9-19)31-23(22)26(27,28)29/h3-5,8-9,11-14,17,20H,2,6-7,10,15-16H2,1H3,(H,30,34). The van der Waals surface area contributed by atoms with Gasteiger partial charge in [0.15, 0.2) is 5.69 Å². The fraction of sp³-hybridized carbons (Fsp3) is 0.346. The second-order valence-corrected chi connectivity index (χ2v) is 8.48. The highest BCUT2D eigenvalue weighted by molar-refractivity contribution is 5.96. The van der Waals surface area contributed by atoms with Crippen molar-refractivity contribution in [2.75, 3.05) is 19.7 Å². The van der Waals surface area contributed by atoms with E-state index in [0.29, 0.717) is 43.0 Å². The zero-order chi connectivity index (χ0) is 25.7. The van der Waals surface area contributed by atoms with Gasteiger partial charge in [-0.05, 0) is 62.6 Å². The Bertz CT molecular complexity index is 1190. The number of rotatable bonds is 7. The van der Waals surface area contributed by atoms with Crippen LogP contribution in [0.25, 0.3) is 5.69 Å². The summed E-state index contributed by atoms with van der Waals surface area (Å²) in [4.78, 5) is 27.4. The summed E-state index contributed by atoms with van der Waals surface area (Å²) < 4.78 is 47.9. The van der Waals surface area contributed by atoms with Gasteiger partial charge in [0.05, 0.1) is 17.9 Å². The minimum Gasteiger partial charge on any atom is -0.494 e. The first kappa shape index (κ1) is 25.3. The fourth-order valence-electron chi connectivity index (χ4n) is 4.27. The van der Waals surface area contributed by atoms with Gasteiger partial charge in [-0.25, -0.2) is 4.68 Å². The van der Waals surface area contributed by atoms with E-state index in [1.165, 1.54) is 4.90 Å². The minimum absolute atomic E-state index is 0.131. The van der Waals surface area contributed by atoms with Crippen LogP contribution in [0.3, 0.4) is 0 Å². The number of ether oxygens (including phenoxy) is 1. The summed E-state index contributed by atoms with van der Waals surface area (Å²) in [7, 11) is 0. The Hall–Kier alpha value is -3.82. The molecule has 10 heteroatoms. The van der Waals surface area contributed by atoms with Crippen molar-refractivity contribution in [2.45, 2.75) is 38.4 Å². The predicted molar refractivity (Wildman–Crippen MR) is 127 cm³/mol. The third-order valence-electron chi connectivity index (χ3n) is 6.05. The van der Waals surface area contributed by atoms with E-state index in [1.54, 1.807) is 54.6 Å². The van der Waals surface area contributed by atoms with Gasteiger partial charge in [-0.15, -0.1) is 0 Å². The van der Waals surface area contributed by atoms with E-state index in [0.717, 1.165) is 17.3 Å². The summed E-state index contributed by atoms with van der Waals surface area (Å²) in [5.41, 5.74) is -0.884. The molecule has 7 nitrogen and oxygen atoms in total. The Labute approximate surface area is 206 Å². The first-order valence-corrected chi connectivity index (χ1v) is 11.8. The van der Waals surface area contributed by atoms with Gasteiger partial charge in [0.25, 0.3) is 11.8 Å². The normalized spacial score (nSPS) is 16.0. The number of carbonyl (C=O) groups is 2. The Morgan fingerprint density at radius 3 is 2.47 bits per heavy atom. The average molecular weight is 501 g/mol. The molecule has 3 aromatic rings. The molecule has 1 fully saturated rings. The van der Waals surface area contributed by atoms with Gasteiger partial charge in [0, 0.05) is 30.9 Å². The maximum Gasteiger partial charge on any atom is 0.435 e. The number of nitrogens with zero attached hydrogens (tertiary/aromatic N) is 3. The molecule has 4 rings (SSSR count). The zero-order valence-electron chi connectivity index (χ0n) is 19.8. The number of aromatic nitrogens is 2. The molecular weight excluding hydrogens is 473 g/mol. The van der Waals surface area contributed by atoms with Crippen LogP contribution in [0.4, 0.5) is 13.2 Å². The number of nitrogens with one attached hydrogen (secondary N) is 1. The van der Waals surface area contributed by atoms with Gasteiger partial charge in [0.1, 0.15) is 5.75 Å². The second kappa shape index (κ2) is 10.8. The average Bonchev–Trinajstić information content (AvgIpc) is 3.35. The van der Waals surface area contributed by atoms with Crippen molar-refractivity contribution in [2.24, 2.45) is 0 Å². The molecule has 1 saturated heterocycles. The molecule has 2 heterocycles. The lowest BCUT2D eigenvalue weighted by Crippen LogP contribution is -2.49. The van der Waals surface area contributed by atoms with E-state index >= 15 is 0 Å². The number of hydrogen-bond acceptors (Lipinski definition) is 4. The molecule has 36 heavy (non-hydrogen) atoms. The van der Waals surface area contributed by atoms with Crippen LogP contribution in [0.1, 0.15) is 52.6 Å². The number of amides is 2. The summed E-state index contributed by atoms with van der Waals surface area (Å²) in [6.45, 7) is 2.81. The van der Waals surface area contributed by atoms with Gasteiger partial charge < -0.3 is 15.0 Å². The SMILES string of the molecule is CCOc1ccc(C(=O)NCC2CCCCN2C(=O)c2cn(-c3ccccc3)nc2C(F)(F)F)cc1. The van der Waals surface area contributed by atoms with Crippen LogP contribution in [0.5, 0.6) is 5.75 Å². The Kier molecular flexibility index (Phi) is 7.61. The number of likely N-dealkylation sites (tertiary alicyclic amines) is 1. The molecule has 0 saturated carbocycles. The summed E-state index contributed by atoms with van der Waals surface area (Å²) in [5, 5.41) is 6.51. The fourth-order valence-corrected chi connectivity index (χ4v) is 4.27. The van der Waals surface area contributed by atoms with Gasteiger partial charge in [0.2, 0.25) is 0 Å². The molecule has 1 atom stereocenters. The zero-order valence-corrected chi connectivity index (χ0v) is 19.8. The van der Waals surface area contributed by atoms with Crippen molar-refractivity contribution in [3.05, 3.63) is 77.6 Å². The highest BCUT2D eigenvalue weighted by Crippen LogP contribution is 2.33. The highest BCUT2D eigenvalue weighted by Gasteiger charge is 2.41. The maximum atomic E-state index is 13.8. The summed E-state index contributed by atoms with van der Waals surface area (Å²) >= 11 is 0. The largest absolute Gasteiger partial charge is 0.494 e. The van der Waals surface area contributed by atoms with Crippen LogP contribution in [0, 0.1) is 0 Å². The summed E-state index contributed by atoms with van der Waals surface area (Å²) in [5.74, 6) is -0.428. The third kappa shape index (κ3) is 5.69. The smallest absolute Gasteiger partial charge is 0.435 e. The Morgan fingerprint density at radius 1 is 1.08 bits per heavy atom. The van der Waals surface area contributed by atoms with Crippen molar-refractivity contribution in [3.8, 4) is 11.4 Å². The third-order valence-corrected chi connectivity index (χ3v) is 6.05. The van der Waals surface area contributed by atoms with E-state index in [-0.39, 0.29) is 12.5 Å². The summed E-state index contributed by atoms with van der Waals surface area (Å²) in [6, 6.07) is 14.6. The monoisotopic (exact) mass is 500 g/mol. The molecule has 1 aliphatic rings. The van der Waals surface area contributed by atoms with Crippen LogP contribution < -0.4 is 10.1 Å². The molecule has 1 aliphatic heterocycles. The molecule has 0 spiro atoms. The van der Waals surface area contributed by atoms with Crippen LogP contribution in [-0.4, -0.2) is 52.2 Å². The van der Waals surface area contributed by atoms with E-state index < -0.39 is 29.4 Å². The van der Waals surface area contributed by atoms with Crippen molar-refractivity contribution in [1.82, 2.24) is 20.0 Å². The van der Waals surface area contributed by atoms with Crippen molar-refractivity contribution < 1.29 is 27.5 Å². The van der Waals surface area contributed by atoms with Crippen LogP contribution in [0.2, 0.25) is 0 Å². The molecule has 1 unspecified atom stereocenters. The minimum atomic E-state index is -4.79. The van der Waals surface area contributed by atoms with E-state index in [1.807, 2.05) is 6.92 Å². The van der Waals surface area contributed by atoms with Crippen molar-refractivity contribution in [3.63, 3.8) is 0 Å². The lowest BCUT2D eigenvalue weighted by atomic mass is 10.0. The molecule has 1 N–H and O–H groups in total. The highest BCUT2D eigenvalue weighted by atomic mass is 19.4. The molecule has 2 amide bonds. The van der Waals surface area contributed by atoms with Gasteiger partial charge in [-0.3, -0.25) is 9.59 Å². The number of hydrogen-bond donors (Lipinski definition) is 1. The quantitative estimate of drug-likeness (QED) is 0.510. The second-order valence-electron chi connectivity index (χ2n) is 8.48. The van der Waals surface area contributed by atoms with Gasteiger partial charge in [-0.1, -0.05) is 18.2 Å². The van der Waals surface area contributed by atoms with Crippen molar-refractivity contribution >= 4 is 11.8 Å². The van der Waals surface area contributed by atoms with Crippen molar-refractivity contribution in [1.29, 1.82) is 0 Å². The number of alkyl halides is 3. The van der Waals surface area contributed by atoms with Gasteiger partial charge in [-0.2, -0.15) is 18.3 Å². The number of piperidine rings is 1. The Morgan fingerprint density at radius 2 is 1.81 bits per heavy atom. The lowest BCUT2D eigenvalue weighted by molar-refractivity contribution is -0.141. The number of carbonyl (C=O) groups excluding carboxylic acids is 2. The number of benzene rings is 2.